The lowest BCUT2D eigenvalue weighted by Crippen LogP contribution is -2.42. The Morgan fingerprint density at radius 2 is 1.93 bits per heavy atom. The molecular formula is C20H24N2O8. The van der Waals surface area contributed by atoms with Crippen LogP contribution in [0.5, 0.6) is 5.75 Å². The minimum Gasteiger partial charge on any atom is -0.497 e. The van der Waals surface area contributed by atoms with Crippen molar-refractivity contribution < 1.29 is 29.2 Å². The number of aliphatic hydroxyl groups excluding tert-OH is 1. The summed E-state index contributed by atoms with van der Waals surface area (Å²) in [6.07, 6.45) is -3.61. The molecule has 1 aromatic carbocycles. The number of benzene rings is 1. The third-order valence-electron chi connectivity index (χ3n) is 4.90. The van der Waals surface area contributed by atoms with Crippen LogP contribution < -0.4 is 16.0 Å². The first-order chi connectivity index (χ1) is 14.2. The summed E-state index contributed by atoms with van der Waals surface area (Å²) in [7, 11) is 1.54. The molecule has 3 rings (SSSR count). The van der Waals surface area contributed by atoms with Crippen LogP contribution in [0, 0.1) is 6.92 Å². The fraction of sp³-hybridized carbons (Fsp3) is 0.450. The third kappa shape index (κ3) is 4.45. The summed E-state index contributed by atoms with van der Waals surface area (Å²) >= 11 is 0. The molecule has 2 N–H and O–H groups in total. The van der Waals surface area contributed by atoms with Crippen LogP contribution in [0.3, 0.4) is 0 Å². The van der Waals surface area contributed by atoms with E-state index in [0.717, 1.165) is 10.1 Å². The second kappa shape index (κ2) is 8.82. The van der Waals surface area contributed by atoms with Gasteiger partial charge in [0.25, 0.3) is 5.56 Å². The number of aryl methyl sites for hydroxylation is 1. The molecule has 0 aliphatic carbocycles. The van der Waals surface area contributed by atoms with Gasteiger partial charge in [-0.05, 0) is 24.6 Å². The minimum absolute atomic E-state index is 0.0297. The third-order valence-corrected chi connectivity index (χ3v) is 4.90. The zero-order chi connectivity index (χ0) is 22.0. The number of hydrogen-bond donors (Lipinski definition) is 2. The molecule has 1 saturated heterocycles. The van der Waals surface area contributed by atoms with E-state index in [-0.39, 0.29) is 13.0 Å². The maximum Gasteiger partial charge on any atom is 0.333 e. The summed E-state index contributed by atoms with van der Waals surface area (Å²) in [5, 5.41) is 19.1. The van der Waals surface area contributed by atoms with Crippen LogP contribution in [-0.4, -0.2) is 50.9 Å². The lowest BCUT2D eigenvalue weighted by Gasteiger charge is -2.20. The van der Waals surface area contributed by atoms with E-state index >= 15 is 0 Å². The highest BCUT2D eigenvalue weighted by Gasteiger charge is 2.42. The number of carbonyl (C=O) groups excluding carboxylic acids is 1. The van der Waals surface area contributed by atoms with E-state index in [1.54, 1.807) is 38.3 Å². The van der Waals surface area contributed by atoms with Gasteiger partial charge in [-0.3, -0.25) is 18.7 Å². The highest BCUT2D eigenvalue weighted by molar-refractivity contribution is 5.66. The monoisotopic (exact) mass is 420 g/mol. The van der Waals surface area contributed by atoms with Gasteiger partial charge >= 0.3 is 11.7 Å². The van der Waals surface area contributed by atoms with Gasteiger partial charge in [0, 0.05) is 25.1 Å². The Labute approximate surface area is 171 Å². The van der Waals surface area contributed by atoms with Crippen LogP contribution in [0.1, 0.15) is 30.7 Å². The van der Waals surface area contributed by atoms with E-state index in [1.165, 1.54) is 17.7 Å². The normalized spacial score (nSPS) is 21.1. The highest BCUT2D eigenvalue weighted by Crippen LogP contribution is 2.31. The van der Waals surface area contributed by atoms with Crippen molar-refractivity contribution in [2.75, 3.05) is 7.11 Å². The average molecular weight is 420 g/mol. The number of ether oxygens (including phenoxy) is 3. The molecule has 0 spiro atoms. The molecule has 1 fully saturated rings. The zero-order valence-electron chi connectivity index (χ0n) is 16.8. The molecule has 0 unspecified atom stereocenters. The van der Waals surface area contributed by atoms with Gasteiger partial charge in [-0.2, -0.15) is 0 Å². The first kappa shape index (κ1) is 21.8. The second-order valence-corrected chi connectivity index (χ2v) is 7.09. The summed E-state index contributed by atoms with van der Waals surface area (Å²) in [6, 6.07) is 6.95. The minimum atomic E-state index is -1.90. The summed E-state index contributed by atoms with van der Waals surface area (Å²) in [4.78, 5) is 37.0. The number of aliphatic hydroxyl groups is 2. The van der Waals surface area contributed by atoms with Gasteiger partial charge in [0.05, 0.1) is 13.7 Å². The maximum absolute atomic E-state index is 13.1. The predicted octanol–water partition coefficient (Wildman–Crippen LogP) is -0.0948. The fourth-order valence-electron chi connectivity index (χ4n) is 3.44. The molecule has 1 aliphatic rings. The molecule has 3 atom stereocenters. The van der Waals surface area contributed by atoms with Crippen LogP contribution in [0.4, 0.5) is 0 Å². The van der Waals surface area contributed by atoms with Crippen LogP contribution in [0.25, 0.3) is 0 Å². The van der Waals surface area contributed by atoms with Crippen molar-refractivity contribution in [1.29, 1.82) is 0 Å². The standard InChI is InChI=1S/C20H24N2O8/c1-11-9-21(16-8-15(29-12(2)23)17(30-16)19(25)26)20(27)22(18(11)24)10-13-4-6-14(28-3)7-5-13/h4-7,9,15-17,19,25-26H,8,10H2,1-3H3/t15-,16+,17-/m0/s1. The Hall–Kier alpha value is -2.95. The van der Waals surface area contributed by atoms with Gasteiger partial charge in [-0.25, -0.2) is 4.79 Å². The van der Waals surface area contributed by atoms with E-state index < -0.39 is 41.9 Å². The number of aromatic nitrogens is 2. The number of rotatable bonds is 6. The fourth-order valence-corrected chi connectivity index (χ4v) is 3.44. The van der Waals surface area contributed by atoms with Gasteiger partial charge in [0.2, 0.25) is 0 Å². The maximum atomic E-state index is 13.1. The van der Waals surface area contributed by atoms with Gasteiger partial charge in [-0.1, -0.05) is 12.1 Å². The Morgan fingerprint density at radius 1 is 1.27 bits per heavy atom. The molecule has 0 amide bonds. The number of methoxy groups -OCH3 is 1. The van der Waals surface area contributed by atoms with Crippen molar-refractivity contribution in [1.82, 2.24) is 9.13 Å². The van der Waals surface area contributed by atoms with Gasteiger partial charge in [-0.15, -0.1) is 0 Å². The van der Waals surface area contributed by atoms with Crippen LogP contribution in [-0.2, 0) is 20.8 Å². The van der Waals surface area contributed by atoms with E-state index in [1.807, 2.05) is 0 Å². The van der Waals surface area contributed by atoms with Crippen molar-refractivity contribution in [3.8, 4) is 5.75 Å². The van der Waals surface area contributed by atoms with Gasteiger partial charge in [0.1, 0.15) is 24.2 Å². The highest BCUT2D eigenvalue weighted by atomic mass is 16.6. The average Bonchev–Trinajstić information content (AvgIpc) is 3.11. The van der Waals surface area contributed by atoms with Gasteiger partial charge < -0.3 is 24.4 Å². The smallest absolute Gasteiger partial charge is 0.333 e. The molecule has 0 radical (unpaired) electrons. The number of carbonyl (C=O) groups is 1. The molecule has 1 aliphatic heterocycles. The molecule has 1 aromatic heterocycles. The van der Waals surface area contributed by atoms with Crippen molar-refractivity contribution in [2.24, 2.45) is 0 Å². The zero-order valence-corrected chi connectivity index (χ0v) is 16.8. The molecule has 0 saturated carbocycles. The quantitative estimate of drug-likeness (QED) is 0.490. The Balaban J connectivity index is 1.95. The summed E-state index contributed by atoms with van der Waals surface area (Å²) in [5.74, 6) is 0.0418. The summed E-state index contributed by atoms with van der Waals surface area (Å²) < 4.78 is 18.1. The SMILES string of the molecule is COc1ccc(Cn2c(=O)c(C)cn([C@H]3C[C@H](OC(C)=O)[C@@H](C(O)O)O3)c2=O)cc1. The van der Waals surface area contributed by atoms with E-state index in [0.29, 0.717) is 11.3 Å². The lowest BCUT2D eigenvalue weighted by molar-refractivity contribution is -0.181. The number of nitrogens with zero attached hydrogens (tertiary/aromatic N) is 2. The lowest BCUT2D eigenvalue weighted by atomic mass is 10.1. The molecule has 2 heterocycles. The molecule has 0 bridgehead atoms. The van der Waals surface area contributed by atoms with Gasteiger partial charge in [0.15, 0.2) is 6.29 Å². The number of esters is 1. The molecule has 10 nitrogen and oxygen atoms in total. The molecule has 162 valence electrons. The van der Waals surface area contributed by atoms with E-state index in [9.17, 15) is 24.6 Å². The van der Waals surface area contributed by atoms with Crippen molar-refractivity contribution >= 4 is 5.97 Å². The van der Waals surface area contributed by atoms with Crippen LogP contribution >= 0.6 is 0 Å². The summed E-state index contributed by atoms with van der Waals surface area (Å²) in [5.41, 5.74) is -0.0360. The first-order valence-corrected chi connectivity index (χ1v) is 9.35. The topological polar surface area (TPSA) is 129 Å². The largest absolute Gasteiger partial charge is 0.497 e. The van der Waals surface area contributed by atoms with Crippen LogP contribution in [0.15, 0.2) is 40.1 Å². The second-order valence-electron chi connectivity index (χ2n) is 7.09. The van der Waals surface area contributed by atoms with E-state index in [2.05, 4.69) is 0 Å². The van der Waals surface area contributed by atoms with Crippen LogP contribution in [0.2, 0.25) is 0 Å². The number of hydrogen-bond acceptors (Lipinski definition) is 8. The molecular weight excluding hydrogens is 396 g/mol. The Morgan fingerprint density at radius 3 is 2.50 bits per heavy atom. The Kier molecular flexibility index (Phi) is 6.40. The van der Waals surface area contributed by atoms with Crippen molar-refractivity contribution in [3.05, 3.63) is 62.4 Å². The molecule has 30 heavy (non-hydrogen) atoms. The first-order valence-electron chi connectivity index (χ1n) is 9.35. The van der Waals surface area contributed by atoms with E-state index in [4.69, 9.17) is 14.2 Å². The van der Waals surface area contributed by atoms with Crippen molar-refractivity contribution in [3.63, 3.8) is 0 Å². The Bertz CT molecular complexity index is 1020. The van der Waals surface area contributed by atoms with Crippen molar-refractivity contribution in [2.45, 2.75) is 51.5 Å². The molecule has 2 aromatic rings. The summed E-state index contributed by atoms with van der Waals surface area (Å²) in [6.45, 7) is 2.80. The predicted molar refractivity (Wildman–Crippen MR) is 104 cm³/mol. The molecule has 10 heteroatoms.